The summed E-state index contributed by atoms with van der Waals surface area (Å²) >= 11 is 1.26. The van der Waals surface area contributed by atoms with Crippen molar-refractivity contribution in [3.05, 3.63) is 119 Å². The minimum atomic E-state index is -0.326. The Kier molecular flexibility index (Phi) is 10.8. The molecular weight excluding hydrogens is 532 g/mol. The van der Waals surface area contributed by atoms with Gasteiger partial charge in [-0.25, -0.2) is 4.98 Å². The number of amides is 3. The topological polar surface area (TPSA) is 91.4 Å². The number of hydrogen-bond donors (Lipinski definition) is 2. The first-order chi connectivity index (χ1) is 19.9. The van der Waals surface area contributed by atoms with Crippen molar-refractivity contribution in [3.8, 4) is 0 Å². The quantitative estimate of drug-likeness (QED) is 0.215. The summed E-state index contributed by atoms with van der Waals surface area (Å²) in [4.78, 5) is 44.4. The van der Waals surface area contributed by atoms with E-state index < -0.39 is 0 Å². The van der Waals surface area contributed by atoms with Crippen molar-refractivity contribution in [2.75, 3.05) is 25.0 Å². The van der Waals surface area contributed by atoms with Gasteiger partial charge in [-0.1, -0.05) is 92.7 Å². The molecule has 0 radical (unpaired) electrons. The highest BCUT2D eigenvalue weighted by Gasteiger charge is 2.21. The number of rotatable bonds is 13. The third-order valence-electron chi connectivity index (χ3n) is 6.53. The third kappa shape index (κ3) is 9.11. The van der Waals surface area contributed by atoms with Gasteiger partial charge < -0.3 is 15.5 Å². The first kappa shape index (κ1) is 29.7. The van der Waals surface area contributed by atoms with E-state index in [1.54, 1.807) is 34.5 Å². The molecule has 7 nitrogen and oxygen atoms in total. The predicted octanol–water partition coefficient (Wildman–Crippen LogP) is 5.76. The molecule has 8 heteroatoms. The first-order valence-corrected chi connectivity index (χ1v) is 14.7. The molecule has 1 heterocycles. The van der Waals surface area contributed by atoms with Crippen molar-refractivity contribution < 1.29 is 14.4 Å². The van der Waals surface area contributed by atoms with E-state index in [0.29, 0.717) is 29.5 Å². The molecule has 0 saturated carbocycles. The van der Waals surface area contributed by atoms with Crippen LogP contribution in [0.2, 0.25) is 0 Å². The number of carbonyl (C=O) groups excluding carboxylic acids is 3. The van der Waals surface area contributed by atoms with Crippen LogP contribution in [0, 0.1) is 5.92 Å². The van der Waals surface area contributed by atoms with E-state index in [2.05, 4.69) is 39.9 Å². The lowest BCUT2D eigenvalue weighted by atomic mass is 9.88. The fourth-order valence-corrected chi connectivity index (χ4v) is 5.41. The molecule has 4 rings (SSSR count). The van der Waals surface area contributed by atoms with E-state index in [-0.39, 0.29) is 42.5 Å². The van der Waals surface area contributed by atoms with Crippen molar-refractivity contribution in [1.29, 1.82) is 0 Å². The first-order valence-electron chi connectivity index (χ1n) is 13.8. The molecule has 0 atom stereocenters. The van der Waals surface area contributed by atoms with Crippen molar-refractivity contribution >= 4 is 34.2 Å². The van der Waals surface area contributed by atoms with Crippen LogP contribution >= 0.6 is 11.3 Å². The number of nitrogens with zero attached hydrogens (tertiary/aromatic N) is 2. The fraction of sp³-hybridized carbons (Fsp3) is 0.273. The molecule has 0 unspecified atom stereocenters. The van der Waals surface area contributed by atoms with Crippen LogP contribution in [-0.4, -0.2) is 47.2 Å². The van der Waals surface area contributed by atoms with E-state index in [9.17, 15) is 14.4 Å². The van der Waals surface area contributed by atoms with Crippen LogP contribution in [-0.2, 0) is 16.0 Å². The van der Waals surface area contributed by atoms with Gasteiger partial charge in [-0.3, -0.25) is 14.4 Å². The van der Waals surface area contributed by atoms with Crippen LogP contribution in [0.1, 0.15) is 53.4 Å². The Labute approximate surface area is 245 Å². The van der Waals surface area contributed by atoms with Crippen LogP contribution in [0.4, 0.5) is 5.13 Å². The van der Waals surface area contributed by atoms with Gasteiger partial charge >= 0.3 is 0 Å². The Bertz CT molecular complexity index is 1370. The van der Waals surface area contributed by atoms with E-state index in [0.717, 1.165) is 6.42 Å². The minimum absolute atomic E-state index is 0.0781. The molecule has 0 saturated heterocycles. The maximum Gasteiger partial charge on any atom is 0.254 e. The van der Waals surface area contributed by atoms with Crippen LogP contribution in [0.5, 0.6) is 0 Å². The summed E-state index contributed by atoms with van der Waals surface area (Å²) in [5.41, 5.74) is 3.56. The number of hydrogen-bond acceptors (Lipinski definition) is 5. The number of thiazole rings is 1. The van der Waals surface area contributed by atoms with Crippen LogP contribution in [0.3, 0.4) is 0 Å². The van der Waals surface area contributed by atoms with Crippen molar-refractivity contribution in [3.63, 3.8) is 0 Å². The zero-order valence-electron chi connectivity index (χ0n) is 23.5. The van der Waals surface area contributed by atoms with Gasteiger partial charge in [0.1, 0.15) is 6.54 Å². The van der Waals surface area contributed by atoms with Crippen molar-refractivity contribution in [1.82, 2.24) is 15.2 Å². The van der Waals surface area contributed by atoms with Crippen LogP contribution in [0.25, 0.3) is 0 Å². The highest BCUT2D eigenvalue weighted by Crippen LogP contribution is 2.27. The number of aromatic nitrogens is 1. The van der Waals surface area contributed by atoms with Gasteiger partial charge in [-0.2, -0.15) is 0 Å². The summed E-state index contributed by atoms with van der Waals surface area (Å²) < 4.78 is 0. The molecule has 0 aliphatic heterocycles. The summed E-state index contributed by atoms with van der Waals surface area (Å²) in [6, 6.07) is 29.6. The Hall–Kier alpha value is -4.30. The smallest absolute Gasteiger partial charge is 0.254 e. The number of nitrogens with one attached hydrogen (secondary N) is 2. The third-order valence-corrected chi connectivity index (χ3v) is 7.33. The normalized spacial score (nSPS) is 10.9. The Morgan fingerprint density at radius 3 is 2.00 bits per heavy atom. The van der Waals surface area contributed by atoms with Crippen molar-refractivity contribution in [2.24, 2.45) is 5.92 Å². The molecular formula is C33H36N4O3S. The average molecular weight is 569 g/mol. The van der Waals surface area contributed by atoms with Crippen molar-refractivity contribution in [2.45, 2.75) is 32.6 Å². The molecule has 0 aliphatic carbocycles. The molecule has 0 spiro atoms. The Morgan fingerprint density at radius 2 is 1.41 bits per heavy atom. The maximum absolute atomic E-state index is 13.0. The second-order valence-corrected chi connectivity index (χ2v) is 11.2. The number of carbonyl (C=O) groups is 3. The van der Waals surface area contributed by atoms with E-state index in [4.69, 9.17) is 0 Å². The van der Waals surface area contributed by atoms with Gasteiger partial charge in [0.2, 0.25) is 11.8 Å². The lowest BCUT2D eigenvalue weighted by Crippen LogP contribution is -2.40. The number of benzene rings is 3. The minimum Gasteiger partial charge on any atom is -0.356 e. The summed E-state index contributed by atoms with van der Waals surface area (Å²) in [7, 11) is 0. The van der Waals surface area contributed by atoms with Gasteiger partial charge in [-0.15, -0.1) is 11.3 Å². The van der Waals surface area contributed by atoms with Gasteiger partial charge in [-0.05, 0) is 35.6 Å². The van der Waals surface area contributed by atoms with E-state index in [1.807, 2.05) is 56.3 Å². The largest absolute Gasteiger partial charge is 0.356 e. The summed E-state index contributed by atoms with van der Waals surface area (Å²) in [6.07, 6.45) is 0.895. The predicted molar refractivity (Wildman–Crippen MR) is 164 cm³/mol. The fourth-order valence-electron chi connectivity index (χ4n) is 4.68. The van der Waals surface area contributed by atoms with Gasteiger partial charge in [0.25, 0.3) is 5.91 Å². The molecule has 1 aromatic heterocycles. The molecule has 0 aliphatic rings. The van der Waals surface area contributed by atoms with Gasteiger partial charge in [0.05, 0.1) is 12.1 Å². The van der Waals surface area contributed by atoms with Gasteiger partial charge in [0.15, 0.2) is 5.13 Å². The second-order valence-electron chi connectivity index (χ2n) is 10.3. The SMILES string of the molecule is CC(C)CN(CC(=O)Nc1nc(CC(=O)NCCC(c2ccccc2)c2ccccc2)cs1)C(=O)c1ccccc1. The lowest BCUT2D eigenvalue weighted by molar-refractivity contribution is -0.120. The highest BCUT2D eigenvalue weighted by molar-refractivity contribution is 7.13. The molecule has 0 bridgehead atoms. The molecule has 0 fully saturated rings. The summed E-state index contributed by atoms with van der Waals surface area (Å²) in [6.45, 7) is 4.92. The number of anilines is 1. The lowest BCUT2D eigenvalue weighted by Gasteiger charge is -2.24. The van der Waals surface area contributed by atoms with E-state index >= 15 is 0 Å². The zero-order chi connectivity index (χ0) is 29.0. The summed E-state index contributed by atoms with van der Waals surface area (Å²) in [5, 5.41) is 7.98. The average Bonchev–Trinajstić information content (AvgIpc) is 3.41. The molecule has 41 heavy (non-hydrogen) atoms. The molecule has 4 aromatic rings. The highest BCUT2D eigenvalue weighted by atomic mass is 32.1. The van der Waals surface area contributed by atoms with Gasteiger partial charge in [0, 0.05) is 30.0 Å². The molecule has 3 aromatic carbocycles. The monoisotopic (exact) mass is 568 g/mol. The summed E-state index contributed by atoms with van der Waals surface area (Å²) in [5.74, 6) is -0.246. The standard InChI is InChI=1S/C33H36N4O3S/c1-24(2)21-37(32(40)27-16-10-5-11-17-27)22-31(39)36-33-35-28(23-41-33)20-30(38)34-19-18-29(25-12-6-3-7-13-25)26-14-8-4-9-15-26/h3-17,23-24,29H,18-22H2,1-2H3,(H,34,38)(H,35,36,39). The van der Waals surface area contributed by atoms with Crippen LogP contribution < -0.4 is 10.6 Å². The Balaban J connectivity index is 1.28. The zero-order valence-corrected chi connectivity index (χ0v) is 24.3. The molecule has 212 valence electrons. The van der Waals surface area contributed by atoms with E-state index in [1.165, 1.54) is 22.5 Å². The second kappa shape index (κ2) is 14.9. The molecule has 2 N–H and O–H groups in total. The Morgan fingerprint density at radius 1 is 0.829 bits per heavy atom. The van der Waals surface area contributed by atoms with Crippen LogP contribution in [0.15, 0.2) is 96.4 Å². The maximum atomic E-state index is 13.0. The molecule has 3 amide bonds.